The zero-order chi connectivity index (χ0) is 6.83. The smallest absolute Gasteiger partial charge is 0.444 e. The van der Waals surface area contributed by atoms with Gasteiger partial charge in [-0.05, 0) is 11.5 Å². The summed E-state index contributed by atoms with van der Waals surface area (Å²) in [5, 5.41) is 9.00. The Morgan fingerprint density at radius 1 is 1.44 bits per heavy atom. The van der Waals surface area contributed by atoms with E-state index in [9.17, 15) is 0 Å². The summed E-state index contributed by atoms with van der Waals surface area (Å²) in [6.07, 6.45) is 0. The molecule has 0 radical (unpaired) electrons. The first-order valence-corrected chi connectivity index (χ1v) is 3.51. The van der Waals surface area contributed by atoms with Crippen LogP contribution in [0.2, 0.25) is 0 Å². The maximum Gasteiger partial charge on any atom is 1.00 e. The van der Waals surface area contributed by atoms with Gasteiger partial charge in [-0.15, -0.1) is 5.34 Å². The van der Waals surface area contributed by atoms with Crippen LogP contribution in [0.5, 0.6) is 0 Å². The molecule has 0 fully saturated rings. The van der Waals surface area contributed by atoms with Crippen molar-refractivity contribution in [2.45, 2.75) is 13.8 Å². The Morgan fingerprint density at radius 2 is 1.67 bits per heavy atom. The van der Waals surface area contributed by atoms with E-state index in [1.165, 1.54) is 11.5 Å². The number of rotatable bonds is 2. The number of hydrogen-bond donors (Lipinski definition) is 0. The predicted octanol–water partition coefficient (Wildman–Crippen LogP) is 2.01. The first-order valence-electron chi connectivity index (χ1n) is 2.36. The molecule has 0 aromatic heterocycles. The van der Waals surface area contributed by atoms with E-state index in [2.05, 4.69) is 13.8 Å². The predicted molar refractivity (Wildman–Crippen MR) is 37.8 cm³/mol. The summed E-state index contributed by atoms with van der Waals surface area (Å²) in [5.41, 5.74) is 0. The number of nitrogens with zero attached hydrogens (tertiary/aromatic N) is 1. The molecule has 9 heavy (non-hydrogen) atoms. The average Bonchev–Trinajstić information content (AvgIpc) is 1.71. The van der Waals surface area contributed by atoms with Gasteiger partial charge in [0, 0.05) is 0 Å². The van der Waals surface area contributed by atoms with Crippen molar-refractivity contribution in [2.75, 3.05) is 11.5 Å². The van der Waals surface area contributed by atoms with Crippen LogP contribution in [0.3, 0.4) is 0 Å². The molecular formula is C4H10AgNO2S. The summed E-state index contributed by atoms with van der Waals surface area (Å²) in [6.45, 7) is 4.35. The van der Waals surface area contributed by atoms with Gasteiger partial charge in [-0.3, -0.25) is 0 Å². The Balaban J connectivity index is -0.0000000800. The fraction of sp³-hybridized carbons (Fsp3) is 1.00. The maximum atomic E-state index is 8.00. The standard InChI is InChI=1S/C4H10S.Ag.HNO2/c1-3-5-4-2;;2-1-3/h3-4H2,1-2H3;;(H,2,3)/q;+1;/p-1. The zero-order valence-electron chi connectivity index (χ0n) is 5.39. The SMILES string of the molecule is CCSCC.O=N[O-].[Ag+]. The molecule has 0 amide bonds. The van der Waals surface area contributed by atoms with Crippen LogP contribution in [-0.4, -0.2) is 11.5 Å². The third kappa shape index (κ3) is 57.7. The largest absolute Gasteiger partial charge is 1.00 e. The molecule has 3 nitrogen and oxygen atoms in total. The van der Waals surface area contributed by atoms with E-state index in [0.717, 1.165) is 5.34 Å². The molecular weight excluding hydrogens is 234 g/mol. The van der Waals surface area contributed by atoms with Gasteiger partial charge in [-0.1, -0.05) is 13.8 Å². The van der Waals surface area contributed by atoms with Crippen LogP contribution in [0.15, 0.2) is 5.34 Å². The minimum absolute atomic E-state index is 0. The summed E-state index contributed by atoms with van der Waals surface area (Å²) in [6, 6.07) is 0. The Bertz CT molecular complexity index is 45.5. The van der Waals surface area contributed by atoms with Crippen molar-refractivity contribution in [1.82, 2.24) is 0 Å². The van der Waals surface area contributed by atoms with Gasteiger partial charge in [0.25, 0.3) is 0 Å². The van der Waals surface area contributed by atoms with Gasteiger partial charge in [0.2, 0.25) is 0 Å². The van der Waals surface area contributed by atoms with Gasteiger partial charge in [-0.25, -0.2) is 0 Å². The first kappa shape index (κ1) is 16.2. The van der Waals surface area contributed by atoms with Crippen LogP contribution < -0.4 is 0 Å². The molecule has 0 aliphatic carbocycles. The summed E-state index contributed by atoms with van der Waals surface area (Å²) in [7, 11) is 0. The molecule has 0 unspecified atom stereocenters. The Hall–Kier alpha value is 0.490. The fourth-order valence-corrected chi connectivity index (χ4v) is 0.612. The first-order chi connectivity index (χ1) is 3.83. The molecule has 0 heterocycles. The monoisotopic (exact) mass is 243 g/mol. The van der Waals surface area contributed by atoms with Crippen LogP contribution in [0, 0.1) is 10.1 Å². The topological polar surface area (TPSA) is 52.5 Å². The Kier molecular flexibility index (Phi) is 42.6. The van der Waals surface area contributed by atoms with Crippen molar-refractivity contribution in [3.63, 3.8) is 0 Å². The van der Waals surface area contributed by atoms with Crippen LogP contribution in [0.4, 0.5) is 0 Å². The quantitative estimate of drug-likeness (QED) is 0.424. The van der Waals surface area contributed by atoms with E-state index in [1.54, 1.807) is 0 Å². The Morgan fingerprint density at radius 3 is 1.67 bits per heavy atom. The molecule has 0 atom stereocenters. The van der Waals surface area contributed by atoms with Gasteiger partial charge < -0.3 is 10.1 Å². The van der Waals surface area contributed by atoms with Crippen molar-refractivity contribution >= 4 is 11.8 Å². The maximum absolute atomic E-state index is 8.00. The van der Waals surface area contributed by atoms with Crippen LogP contribution in [-0.2, 0) is 22.4 Å². The molecule has 60 valence electrons. The third-order valence-corrected chi connectivity index (χ3v) is 1.22. The molecule has 0 rings (SSSR count). The van der Waals surface area contributed by atoms with Crippen molar-refractivity contribution in [2.24, 2.45) is 5.34 Å². The van der Waals surface area contributed by atoms with Crippen molar-refractivity contribution < 1.29 is 22.4 Å². The summed E-state index contributed by atoms with van der Waals surface area (Å²) in [5.74, 6) is 2.52. The molecule has 0 N–H and O–H groups in total. The van der Waals surface area contributed by atoms with Crippen LogP contribution >= 0.6 is 11.8 Å². The minimum atomic E-state index is 0. The van der Waals surface area contributed by atoms with Gasteiger partial charge in [0.1, 0.15) is 0 Å². The van der Waals surface area contributed by atoms with E-state index in [0.29, 0.717) is 0 Å². The van der Waals surface area contributed by atoms with Gasteiger partial charge >= 0.3 is 22.4 Å². The molecule has 0 saturated heterocycles. The van der Waals surface area contributed by atoms with E-state index in [1.807, 2.05) is 11.8 Å². The van der Waals surface area contributed by atoms with Gasteiger partial charge in [-0.2, -0.15) is 11.8 Å². The second-order valence-electron chi connectivity index (χ2n) is 0.856. The number of hydrogen-bond acceptors (Lipinski definition) is 4. The normalized spacial score (nSPS) is 6.00. The molecule has 0 aromatic carbocycles. The molecule has 0 aliphatic heterocycles. The summed E-state index contributed by atoms with van der Waals surface area (Å²) in [4.78, 5) is 8.00. The van der Waals surface area contributed by atoms with Crippen molar-refractivity contribution in [3.8, 4) is 0 Å². The van der Waals surface area contributed by atoms with Gasteiger partial charge in [0.15, 0.2) is 0 Å². The molecule has 0 aliphatic rings. The zero-order valence-corrected chi connectivity index (χ0v) is 7.69. The molecule has 0 bridgehead atoms. The summed E-state index contributed by atoms with van der Waals surface area (Å²) < 4.78 is 0. The van der Waals surface area contributed by atoms with Crippen LogP contribution in [0.25, 0.3) is 0 Å². The summed E-state index contributed by atoms with van der Waals surface area (Å²) >= 11 is 1.96. The second kappa shape index (κ2) is 23.6. The average molecular weight is 244 g/mol. The molecule has 5 heteroatoms. The molecule has 0 saturated carbocycles. The third-order valence-electron chi connectivity index (χ3n) is 0.408. The van der Waals surface area contributed by atoms with E-state index in [-0.39, 0.29) is 22.4 Å². The van der Waals surface area contributed by atoms with Crippen LogP contribution in [0.1, 0.15) is 13.8 Å². The number of thioether (sulfide) groups is 1. The fourth-order valence-electron chi connectivity index (χ4n) is 0.204. The minimum Gasteiger partial charge on any atom is -0.444 e. The van der Waals surface area contributed by atoms with E-state index in [4.69, 9.17) is 10.1 Å². The van der Waals surface area contributed by atoms with Gasteiger partial charge in [0.05, 0.1) is 0 Å². The van der Waals surface area contributed by atoms with Crippen molar-refractivity contribution in [3.05, 3.63) is 10.1 Å². The molecule has 0 aromatic rings. The van der Waals surface area contributed by atoms with E-state index < -0.39 is 0 Å². The molecule has 0 spiro atoms. The second-order valence-corrected chi connectivity index (χ2v) is 2.42. The van der Waals surface area contributed by atoms with Crippen molar-refractivity contribution in [1.29, 1.82) is 0 Å². The Labute approximate surface area is 75.0 Å². The van der Waals surface area contributed by atoms with E-state index >= 15 is 0 Å².